The second kappa shape index (κ2) is 7.92. The maximum atomic E-state index is 3.63. The van der Waals surface area contributed by atoms with Crippen molar-refractivity contribution in [3.63, 3.8) is 0 Å². The minimum atomic E-state index is 0.689. The molecule has 15 heavy (non-hydrogen) atoms. The van der Waals surface area contributed by atoms with Crippen molar-refractivity contribution < 1.29 is 0 Å². The largest absolute Gasteiger partial charge is 0.311 e. The van der Waals surface area contributed by atoms with Gasteiger partial charge in [0.25, 0.3) is 0 Å². The Balaban J connectivity index is 2.23. The van der Waals surface area contributed by atoms with Gasteiger partial charge in [0.1, 0.15) is 0 Å². The monoisotopic (exact) mass is 209 g/mol. The van der Waals surface area contributed by atoms with Gasteiger partial charge >= 0.3 is 0 Å². The summed E-state index contributed by atoms with van der Waals surface area (Å²) in [5, 5.41) is 3.63. The molecule has 1 atom stereocenters. The first kappa shape index (κ1) is 12.8. The molecular formula is C14H27N. The molecule has 1 aliphatic carbocycles. The normalized spacial score (nSPS) is 17.9. The summed E-state index contributed by atoms with van der Waals surface area (Å²) in [6.07, 6.45) is 13.4. The van der Waals surface area contributed by atoms with Crippen molar-refractivity contribution in [3.05, 3.63) is 11.6 Å². The van der Waals surface area contributed by atoms with Crippen LogP contribution in [0.4, 0.5) is 0 Å². The summed E-state index contributed by atoms with van der Waals surface area (Å²) in [7, 11) is 0. The van der Waals surface area contributed by atoms with E-state index in [1.165, 1.54) is 51.4 Å². The number of unbranched alkanes of at least 4 members (excludes halogenated alkanes) is 3. The molecule has 1 unspecified atom stereocenters. The highest BCUT2D eigenvalue weighted by Crippen LogP contribution is 2.23. The SMILES string of the molecule is CCCCCCC(NCC)C1=CCCC1. The molecule has 0 saturated carbocycles. The van der Waals surface area contributed by atoms with Gasteiger partial charge in [0, 0.05) is 6.04 Å². The molecule has 0 spiro atoms. The summed E-state index contributed by atoms with van der Waals surface area (Å²) in [6.45, 7) is 5.60. The fourth-order valence-electron chi connectivity index (χ4n) is 2.45. The minimum Gasteiger partial charge on any atom is -0.311 e. The van der Waals surface area contributed by atoms with E-state index in [0.29, 0.717) is 6.04 Å². The second-order valence-corrected chi connectivity index (χ2v) is 4.63. The van der Waals surface area contributed by atoms with Gasteiger partial charge < -0.3 is 5.32 Å². The van der Waals surface area contributed by atoms with Crippen molar-refractivity contribution in [1.82, 2.24) is 5.32 Å². The van der Waals surface area contributed by atoms with E-state index in [-0.39, 0.29) is 0 Å². The molecule has 0 aromatic heterocycles. The Morgan fingerprint density at radius 2 is 2.13 bits per heavy atom. The lowest BCUT2D eigenvalue weighted by molar-refractivity contribution is 0.504. The molecule has 0 saturated heterocycles. The number of rotatable bonds is 8. The summed E-state index contributed by atoms with van der Waals surface area (Å²) in [4.78, 5) is 0. The third-order valence-corrected chi connectivity index (χ3v) is 3.32. The average molecular weight is 209 g/mol. The van der Waals surface area contributed by atoms with Gasteiger partial charge in [-0.1, -0.05) is 51.2 Å². The van der Waals surface area contributed by atoms with Gasteiger partial charge in [0.2, 0.25) is 0 Å². The number of hydrogen-bond donors (Lipinski definition) is 1. The molecule has 1 aliphatic rings. The van der Waals surface area contributed by atoms with Gasteiger partial charge in [0.15, 0.2) is 0 Å². The van der Waals surface area contributed by atoms with E-state index in [2.05, 4.69) is 25.2 Å². The lowest BCUT2D eigenvalue weighted by Crippen LogP contribution is -2.30. The average Bonchev–Trinajstić information content (AvgIpc) is 2.76. The van der Waals surface area contributed by atoms with Gasteiger partial charge in [-0.2, -0.15) is 0 Å². The molecule has 0 fully saturated rings. The van der Waals surface area contributed by atoms with E-state index in [1.807, 2.05) is 0 Å². The van der Waals surface area contributed by atoms with E-state index in [0.717, 1.165) is 6.54 Å². The van der Waals surface area contributed by atoms with Crippen molar-refractivity contribution in [2.45, 2.75) is 71.3 Å². The zero-order valence-corrected chi connectivity index (χ0v) is 10.5. The molecule has 1 N–H and O–H groups in total. The van der Waals surface area contributed by atoms with Crippen LogP contribution in [0.15, 0.2) is 11.6 Å². The van der Waals surface area contributed by atoms with Gasteiger partial charge in [0.05, 0.1) is 0 Å². The van der Waals surface area contributed by atoms with Crippen LogP contribution in [0.25, 0.3) is 0 Å². The molecule has 0 bridgehead atoms. The topological polar surface area (TPSA) is 12.0 Å². The summed E-state index contributed by atoms with van der Waals surface area (Å²) in [5.41, 5.74) is 1.69. The van der Waals surface area contributed by atoms with Gasteiger partial charge in [-0.05, 0) is 32.2 Å². The van der Waals surface area contributed by atoms with Crippen LogP contribution in [0.5, 0.6) is 0 Å². The third kappa shape index (κ3) is 4.83. The first-order valence-corrected chi connectivity index (χ1v) is 6.80. The zero-order valence-electron chi connectivity index (χ0n) is 10.5. The van der Waals surface area contributed by atoms with Crippen LogP contribution >= 0.6 is 0 Å². The first-order chi connectivity index (χ1) is 7.38. The first-order valence-electron chi connectivity index (χ1n) is 6.80. The molecule has 0 aromatic rings. The van der Waals surface area contributed by atoms with E-state index < -0.39 is 0 Å². The Morgan fingerprint density at radius 3 is 2.73 bits per heavy atom. The predicted molar refractivity (Wildman–Crippen MR) is 68.2 cm³/mol. The number of allylic oxidation sites excluding steroid dienone is 1. The van der Waals surface area contributed by atoms with Crippen LogP contribution in [0.2, 0.25) is 0 Å². The van der Waals surface area contributed by atoms with Crippen LogP contribution in [0.1, 0.15) is 65.2 Å². The molecule has 0 radical (unpaired) electrons. The minimum absolute atomic E-state index is 0.689. The Labute approximate surface area is 95.3 Å². The van der Waals surface area contributed by atoms with Crippen molar-refractivity contribution in [3.8, 4) is 0 Å². The highest BCUT2D eigenvalue weighted by Gasteiger charge is 2.15. The fourth-order valence-corrected chi connectivity index (χ4v) is 2.45. The van der Waals surface area contributed by atoms with Crippen molar-refractivity contribution in [2.24, 2.45) is 0 Å². The molecule has 0 amide bonds. The molecule has 88 valence electrons. The van der Waals surface area contributed by atoms with Gasteiger partial charge in [-0.15, -0.1) is 0 Å². The van der Waals surface area contributed by atoms with Gasteiger partial charge in [-0.25, -0.2) is 0 Å². The molecule has 1 heteroatoms. The van der Waals surface area contributed by atoms with E-state index in [9.17, 15) is 0 Å². The summed E-state index contributed by atoms with van der Waals surface area (Å²) >= 11 is 0. The summed E-state index contributed by atoms with van der Waals surface area (Å²) in [5.74, 6) is 0. The standard InChI is InChI=1S/C14H27N/c1-3-5-6-7-12-14(15-4-2)13-10-8-9-11-13/h10,14-15H,3-9,11-12H2,1-2H3. The maximum absolute atomic E-state index is 3.63. The van der Waals surface area contributed by atoms with E-state index in [1.54, 1.807) is 5.57 Å². The van der Waals surface area contributed by atoms with Crippen LogP contribution in [-0.4, -0.2) is 12.6 Å². The quantitative estimate of drug-likeness (QED) is 0.470. The van der Waals surface area contributed by atoms with E-state index in [4.69, 9.17) is 0 Å². The van der Waals surface area contributed by atoms with Crippen LogP contribution < -0.4 is 5.32 Å². The molecule has 1 rings (SSSR count). The zero-order chi connectivity index (χ0) is 10.9. The summed E-state index contributed by atoms with van der Waals surface area (Å²) < 4.78 is 0. The second-order valence-electron chi connectivity index (χ2n) is 4.63. The highest BCUT2D eigenvalue weighted by molar-refractivity contribution is 5.14. The lowest BCUT2D eigenvalue weighted by Gasteiger charge is -2.19. The van der Waals surface area contributed by atoms with Crippen molar-refractivity contribution in [1.29, 1.82) is 0 Å². The van der Waals surface area contributed by atoms with Crippen molar-refractivity contribution in [2.75, 3.05) is 6.54 Å². The molecular weight excluding hydrogens is 182 g/mol. The number of likely N-dealkylation sites (N-methyl/N-ethyl adjacent to an activating group) is 1. The molecule has 0 aliphatic heterocycles. The lowest BCUT2D eigenvalue weighted by atomic mass is 9.99. The van der Waals surface area contributed by atoms with E-state index >= 15 is 0 Å². The van der Waals surface area contributed by atoms with Crippen LogP contribution in [0, 0.1) is 0 Å². The number of nitrogens with one attached hydrogen (secondary N) is 1. The predicted octanol–water partition coefficient (Wildman–Crippen LogP) is 4.05. The number of hydrogen-bond acceptors (Lipinski definition) is 1. The summed E-state index contributed by atoms with van der Waals surface area (Å²) in [6, 6.07) is 0.689. The Morgan fingerprint density at radius 1 is 1.27 bits per heavy atom. The Kier molecular flexibility index (Phi) is 6.74. The smallest absolute Gasteiger partial charge is 0.0279 e. The Hall–Kier alpha value is -0.300. The molecule has 0 heterocycles. The highest BCUT2D eigenvalue weighted by atomic mass is 14.9. The fraction of sp³-hybridized carbons (Fsp3) is 0.857. The molecule has 1 nitrogen and oxygen atoms in total. The van der Waals surface area contributed by atoms with Gasteiger partial charge in [-0.3, -0.25) is 0 Å². The maximum Gasteiger partial charge on any atom is 0.0279 e. The third-order valence-electron chi connectivity index (χ3n) is 3.32. The molecule has 0 aromatic carbocycles. The van der Waals surface area contributed by atoms with Crippen LogP contribution in [0.3, 0.4) is 0 Å². The van der Waals surface area contributed by atoms with Crippen LogP contribution in [-0.2, 0) is 0 Å². The Bertz CT molecular complexity index is 184. The van der Waals surface area contributed by atoms with Crippen molar-refractivity contribution >= 4 is 0 Å².